The summed E-state index contributed by atoms with van der Waals surface area (Å²) in [6, 6.07) is 6.04. The molecule has 0 aromatic carbocycles. The van der Waals surface area contributed by atoms with Crippen molar-refractivity contribution in [1.29, 1.82) is 0 Å². The molecule has 0 radical (unpaired) electrons. The van der Waals surface area contributed by atoms with Crippen LogP contribution in [0.2, 0.25) is 0 Å². The lowest BCUT2D eigenvalue weighted by atomic mass is 9.82. The molecule has 1 atom stereocenters. The van der Waals surface area contributed by atoms with Crippen LogP contribution >= 0.6 is 0 Å². The Bertz CT molecular complexity index is 950. The Morgan fingerprint density at radius 3 is 2.92 bits per heavy atom. The van der Waals surface area contributed by atoms with E-state index >= 15 is 0 Å². The van der Waals surface area contributed by atoms with Crippen LogP contribution in [0.25, 0.3) is 5.65 Å². The van der Waals surface area contributed by atoms with E-state index < -0.39 is 0 Å². The number of nitrogens with zero attached hydrogens (tertiary/aromatic N) is 3. The lowest BCUT2D eigenvalue weighted by molar-refractivity contribution is -0.121. The summed E-state index contributed by atoms with van der Waals surface area (Å²) in [5, 5.41) is 10.7. The Kier molecular flexibility index (Phi) is 3.76. The van der Waals surface area contributed by atoms with E-state index in [0.717, 1.165) is 17.0 Å². The minimum Gasteiger partial charge on any atom is -0.350 e. The Hall–Kier alpha value is -2.63. The summed E-state index contributed by atoms with van der Waals surface area (Å²) in [4.78, 5) is 17.2. The van der Waals surface area contributed by atoms with Crippen molar-refractivity contribution in [3.63, 3.8) is 0 Å². The summed E-state index contributed by atoms with van der Waals surface area (Å²) < 4.78 is 2.14. The number of amides is 1. The van der Waals surface area contributed by atoms with Gasteiger partial charge in [-0.3, -0.25) is 9.89 Å². The molecule has 6 heteroatoms. The van der Waals surface area contributed by atoms with E-state index in [2.05, 4.69) is 19.9 Å². The molecular weight excluding hydrogens is 326 g/mol. The van der Waals surface area contributed by atoms with Gasteiger partial charge < -0.3 is 9.72 Å². The van der Waals surface area contributed by atoms with Crippen molar-refractivity contribution in [2.75, 3.05) is 0 Å². The quantitative estimate of drug-likeness (QED) is 0.746. The summed E-state index contributed by atoms with van der Waals surface area (Å²) in [6.45, 7) is 0.489. The molecule has 1 aliphatic heterocycles. The Morgan fingerprint density at radius 2 is 2.04 bits per heavy atom. The zero-order valence-corrected chi connectivity index (χ0v) is 14.7. The molecule has 0 unspecified atom stereocenters. The fourth-order valence-electron chi connectivity index (χ4n) is 4.66. The number of imidazole rings is 1. The number of pyridine rings is 1. The van der Waals surface area contributed by atoms with E-state index in [4.69, 9.17) is 4.98 Å². The minimum atomic E-state index is -0.0134. The maximum Gasteiger partial charge on any atom is 0.221 e. The van der Waals surface area contributed by atoms with Gasteiger partial charge in [-0.25, -0.2) is 4.98 Å². The fraction of sp³-hybridized carbons (Fsp3) is 0.450. The van der Waals surface area contributed by atoms with Gasteiger partial charge in [-0.1, -0.05) is 25.3 Å². The molecule has 2 N–H and O–H groups in total. The summed E-state index contributed by atoms with van der Waals surface area (Å²) >= 11 is 0. The Balaban J connectivity index is 1.65. The molecule has 0 saturated heterocycles. The first-order chi connectivity index (χ1) is 12.8. The number of carbonyl (C=O) groups is 1. The number of aromatic amines is 1. The van der Waals surface area contributed by atoms with E-state index in [1.165, 1.54) is 43.4 Å². The van der Waals surface area contributed by atoms with Crippen LogP contribution in [0.15, 0.2) is 30.6 Å². The lowest BCUT2D eigenvalue weighted by Gasteiger charge is -2.24. The van der Waals surface area contributed by atoms with Gasteiger partial charge in [0.2, 0.25) is 5.91 Å². The number of fused-ring (bicyclic) bond motifs is 3. The predicted molar refractivity (Wildman–Crippen MR) is 97.9 cm³/mol. The SMILES string of the molecule is O=C1C[C@H](c2cn[nH]c2C2CCCCC2)c2c(nc3ccccn23)CN1. The molecule has 1 amide bonds. The first kappa shape index (κ1) is 15.6. The number of aromatic nitrogens is 4. The molecule has 1 aliphatic carbocycles. The highest BCUT2D eigenvalue weighted by molar-refractivity contribution is 5.78. The number of hydrogen-bond donors (Lipinski definition) is 2. The second-order valence-corrected chi connectivity index (χ2v) is 7.48. The van der Waals surface area contributed by atoms with Gasteiger partial charge >= 0.3 is 0 Å². The normalized spacial score (nSPS) is 21.4. The predicted octanol–water partition coefficient (Wildman–Crippen LogP) is 3.26. The maximum absolute atomic E-state index is 12.4. The van der Waals surface area contributed by atoms with E-state index in [1.54, 1.807) is 0 Å². The van der Waals surface area contributed by atoms with Crippen LogP contribution in [0.5, 0.6) is 0 Å². The molecule has 1 fully saturated rings. The van der Waals surface area contributed by atoms with E-state index in [-0.39, 0.29) is 11.8 Å². The van der Waals surface area contributed by atoms with Gasteiger partial charge in [-0.05, 0) is 25.0 Å². The molecule has 0 bridgehead atoms. The number of carbonyl (C=O) groups excluding carboxylic acids is 1. The zero-order chi connectivity index (χ0) is 17.5. The van der Waals surface area contributed by atoms with Crippen molar-refractivity contribution in [3.8, 4) is 0 Å². The van der Waals surface area contributed by atoms with Crippen molar-refractivity contribution in [3.05, 3.63) is 53.2 Å². The van der Waals surface area contributed by atoms with E-state index in [1.807, 2.05) is 30.6 Å². The Morgan fingerprint density at radius 1 is 1.15 bits per heavy atom. The largest absolute Gasteiger partial charge is 0.350 e. The summed E-state index contributed by atoms with van der Waals surface area (Å²) in [5.74, 6) is 0.587. The van der Waals surface area contributed by atoms with Gasteiger partial charge in [-0.15, -0.1) is 0 Å². The molecular formula is C20H23N5O. The van der Waals surface area contributed by atoms with Crippen LogP contribution in [-0.4, -0.2) is 25.5 Å². The number of H-pyrrole nitrogens is 1. The highest BCUT2D eigenvalue weighted by Gasteiger charge is 2.32. The zero-order valence-electron chi connectivity index (χ0n) is 14.7. The van der Waals surface area contributed by atoms with Gasteiger partial charge in [0.15, 0.2) is 0 Å². The van der Waals surface area contributed by atoms with E-state index in [9.17, 15) is 4.79 Å². The van der Waals surface area contributed by atoms with Gasteiger partial charge in [0, 0.05) is 35.7 Å². The Labute approximate surface area is 152 Å². The minimum absolute atomic E-state index is 0.0134. The molecule has 26 heavy (non-hydrogen) atoms. The van der Waals surface area contributed by atoms with Gasteiger partial charge in [0.25, 0.3) is 0 Å². The van der Waals surface area contributed by atoms with Gasteiger partial charge in [0.1, 0.15) is 5.65 Å². The van der Waals surface area contributed by atoms with Crippen LogP contribution in [0.4, 0.5) is 0 Å². The summed E-state index contributed by atoms with van der Waals surface area (Å²) in [7, 11) is 0. The second kappa shape index (κ2) is 6.27. The number of hydrogen-bond acceptors (Lipinski definition) is 3. The average Bonchev–Trinajstić information content (AvgIpc) is 3.26. The average molecular weight is 349 g/mol. The third kappa shape index (κ3) is 2.52. The van der Waals surface area contributed by atoms with Crippen molar-refractivity contribution in [1.82, 2.24) is 24.9 Å². The third-order valence-corrected chi connectivity index (χ3v) is 5.90. The van der Waals surface area contributed by atoms with Gasteiger partial charge in [0.05, 0.1) is 24.1 Å². The highest BCUT2D eigenvalue weighted by atomic mass is 16.1. The smallest absolute Gasteiger partial charge is 0.221 e. The summed E-state index contributed by atoms with van der Waals surface area (Å²) in [5.41, 5.74) is 5.41. The highest BCUT2D eigenvalue weighted by Crippen LogP contribution is 2.40. The molecule has 5 rings (SSSR count). The van der Waals surface area contributed by atoms with Crippen LogP contribution in [-0.2, 0) is 11.3 Å². The number of rotatable bonds is 2. The van der Waals surface area contributed by atoms with Crippen molar-refractivity contribution in [2.24, 2.45) is 0 Å². The lowest BCUT2D eigenvalue weighted by Crippen LogP contribution is -2.22. The second-order valence-electron chi connectivity index (χ2n) is 7.48. The number of nitrogens with one attached hydrogen (secondary N) is 2. The molecule has 6 nitrogen and oxygen atoms in total. The monoisotopic (exact) mass is 349 g/mol. The molecule has 3 aromatic rings. The molecule has 134 valence electrons. The fourth-order valence-corrected chi connectivity index (χ4v) is 4.66. The van der Waals surface area contributed by atoms with Crippen LogP contribution < -0.4 is 5.32 Å². The van der Waals surface area contributed by atoms with Crippen LogP contribution in [0, 0.1) is 0 Å². The van der Waals surface area contributed by atoms with Crippen molar-refractivity contribution >= 4 is 11.6 Å². The summed E-state index contributed by atoms with van der Waals surface area (Å²) in [6.07, 6.45) is 10.7. The third-order valence-electron chi connectivity index (χ3n) is 5.90. The maximum atomic E-state index is 12.4. The molecule has 0 spiro atoms. The van der Waals surface area contributed by atoms with E-state index in [0.29, 0.717) is 18.9 Å². The van der Waals surface area contributed by atoms with Crippen molar-refractivity contribution in [2.45, 2.75) is 56.9 Å². The topological polar surface area (TPSA) is 75.1 Å². The van der Waals surface area contributed by atoms with Crippen LogP contribution in [0.3, 0.4) is 0 Å². The van der Waals surface area contributed by atoms with Crippen molar-refractivity contribution < 1.29 is 4.79 Å². The molecule has 3 aromatic heterocycles. The van der Waals surface area contributed by atoms with Crippen LogP contribution in [0.1, 0.15) is 73.0 Å². The molecule has 1 saturated carbocycles. The first-order valence-corrected chi connectivity index (χ1v) is 9.57. The van der Waals surface area contributed by atoms with Gasteiger partial charge in [-0.2, -0.15) is 5.10 Å². The standard InChI is InChI=1S/C20H23N5O/c26-18-10-14(15-11-22-24-19(15)13-6-2-1-3-7-13)20-16(12-21-18)23-17-8-4-5-9-25(17)20/h4-5,8-9,11,13-14H,1-3,6-7,10,12H2,(H,21,26)(H,22,24)/t14-/m1/s1. The first-order valence-electron chi connectivity index (χ1n) is 9.57. The molecule has 4 heterocycles. The molecule has 2 aliphatic rings.